The van der Waals surface area contributed by atoms with E-state index in [0.717, 1.165) is 0 Å². The van der Waals surface area contributed by atoms with E-state index in [0.29, 0.717) is 23.2 Å². The minimum Gasteiger partial charge on any atom is -0.478 e. The number of carboxylic acid groups (broad SMARTS) is 1. The first-order valence-corrected chi connectivity index (χ1v) is 7.60. The van der Waals surface area contributed by atoms with Crippen LogP contribution >= 0.6 is 0 Å². The minimum atomic E-state index is -4.89. The molecular weight excluding hydrogens is 355 g/mol. The number of ether oxygens (including phenoxy) is 1. The number of nitrogens with one attached hydrogen (secondary N) is 1. The average Bonchev–Trinajstić information content (AvgIpc) is 3.01. The molecule has 0 aliphatic rings. The maximum atomic E-state index is 13.2. The van der Waals surface area contributed by atoms with E-state index < -0.39 is 23.4 Å². The molecule has 1 amide bonds. The first-order valence-electron chi connectivity index (χ1n) is 7.60. The topological polar surface area (TPSA) is 93.5 Å². The van der Waals surface area contributed by atoms with Gasteiger partial charge in [-0.1, -0.05) is 0 Å². The number of carbonyl (C=O) groups is 2. The second-order valence-corrected chi connectivity index (χ2v) is 5.16. The number of aromatic nitrogens is 2. The standard InChI is InChI=1S/C16H16F3N3O4/c1-2-26-8-7-13(23)21-10-3-5-11(6-4-10)22-14(16(17,18)19)12(9-20-22)15(24)25/h3-6,9H,2,7-8H2,1H3,(H,21,23)(H,24,25). The summed E-state index contributed by atoms with van der Waals surface area (Å²) in [4.78, 5) is 22.7. The molecule has 2 N–H and O–H groups in total. The lowest BCUT2D eigenvalue weighted by Crippen LogP contribution is -2.17. The van der Waals surface area contributed by atoms with Crippen LogP contribution in [0.5, 0.6) is 0 Å². The second-order valence-electron chi connectivity index (χ2n) is 5.16. The number of halogens is 3. The third-order valence-electron chi connectivity index (χ3n) is 3.34. The summed E-state index contributed by atoms with van der Waals surface area (Å²) in [5, 5.41) is 15.0. The molecule has 1 aromatic carbocycles. The number of hydrogen-bond acceptors (Lipinski definition) is 4. The fourth-order valence-electron chi connectivity index (χ4n) is 2.19. The Bertz CT molecular complexity index is 785. The zero-order valence-electron chi connectivity index (χ0n) is 13.7. The Hall–Kier alpha value is -2.88. The summed E-state index contributed by atoms with van der Waals surface area (Å²) in [5.41, 5.74) is -1.92. The fraction of sp³-hybridized carbons (Fsp3) is 0.312. The molecule has 1 heterocycles. The first kappa shape index (κ1) is 19.4. The minimum absolute atomic E-state index is 0.0112. The van der Waals surface area contributed by atoms with E-state index >= 15 is 0 Å². The van der Waals surface area contributed by atoms with Crippen LogP contribution in [0.2, 0.25) is 0 Å². The molecule has 26 heavy (non-hydrogen) atoms. The lowest BCUT2D eigenvalue weighted by Gasteiger charge is -2.12. The Kier molecular flexibility index (Phi) is 5.98. The monoisotopic (exact) mass is 371 g/mol. The van der Waals surface area contributed by atoms with Gasteiger partial charge in [0.25, 0.3) is 0 Å². The Morgan fingerprint density at radius 1 is 1.27 bits per heavy atom. The molecule has 0 saturated heterocycles. The molecule has 140 valence electrons. The number of hydrogen-bond donors (Lipinski definition) is 2. The van der Waals surface area contributed by atoms with Gasteiger partial charge in [0.05, 0.1) is 24.9 Å². The van der Waals surface area contributed by atoms with Crippen LogP contribution < -0.4 is 5.32 Å². The smallest absolute Gasteiger partial charge is 0.434 e. The summed E-state index contributed by atoms with van der Waals surface area (Å²) in [5.74, 6) is -2.02. The normalized spacial score (nSPS) is 11.4. The van der Waals surface area contributed by atoms with Crippen LogP contribution in [0.1, 0.15) is 29.4 Å². The summed E-state index contributed by atoms with van der Waals surface area (Å²) in [6.45, 7) is 2.56. The molecule has 0 aliphatic carbocycles. The highest BCUT2D eigenvalue weighted by Crippen LogP contribution is 2.33. The van der Waals surface area contributed by atoms with E-state index in [1.807, 2.05) is 0 Å². The maximum absolute atomic E-state index is 13.2. The Balaban J connectivity index is 2.21. The lowest BCUT2D eigenvalue weighted by atomic mass is 10.2. The predicted octanol–water partition coefficient (Wildman–Crippen LogP) is 2.95. The van der Waals surface area contributed by atoms with Gasteiger partial charge in [0.15, 0.2) is 5.69 Å². The van der Waals surface area contributed by atoms with Crippen LogP contribution in [0.4, 0.5) is 18.9 Å². The number of amides is 1. The SMILES string of the molecule is CCOCCC(=O)Nc1ccc(-n2ncc(C(=O)O)c2C(F)(F)F)cc1. The largest absolute Gasteiger partial charge is 0.478 e. The molecule has 0 saturated carbocycles. The predicted molar refractivity (Wildman–Crippen MR) is 85.3 cm³/mol. The van der Waals surface area contributed by atoms with Gasteiger partial charge in [-0.05, 0) is 31.2 Å². The van der Waals surface area contributed by atoms with Gasteiger partial charge >= 0.3 is 12.1 Å². The van der Waals surface area contributed by atoms with E-state index in [-0.39, 0.29) is 24.6 Å². The molecule has 0 fully saturated rings. The van der Waals surface area contributed by atoms with Crippen molar-refractivity contribution in [2.45, 2.75) is 19.5 Å². The summed E-state index contributed by atoms with van der Waals surface area (Å²) in [7, 11) is 0. The third kappa shape index (κ3) is 4.60. The summed E-state index contributed by atoms with van der Waals surface area (Å²) in [6.07, 6.45) is -4.10. The van der Waals surface area contributed by atoms with Gasteiger partial charge in [0.2, 0.25) is 5.91 Å². The van der Waals surface area contributed by atoms with Crippen molar-refractivity contribution in [3.63, 3.8) is 0 Å². The van der Waals surface area contributed by atoms with Gasteiger partial charge < -0.3 is 15.2 Å². The van der Waals surface area contributed by atoms with Crippen molar-refractivity contribution in [3.05, 3.63) is 41.7 Å². The number of anilines is 1. The molecule has 2 aromatic rings. The van der Waals surface area contributed by atoms with Crippen LogP contribution in [0, 0.1) is 0 Å². The van der Waals surface area contributed by atoms with Crippen LogP contribution in [0.25, 0.3) is 5.69 Å². The van der Waals surface area contributed by atoms with Gasteiger partial charge in [-0.3, -0.25) is 4.79 Å². The molecule has 0 spiro atoms. The number of rotatable bonds is 7. The van der Waals surface area contributed by atoms with Crippen LogP contribution in [-0.2, 0) is 15.7 Å². The Labute approximate surface area is 146 Å². The number of nitrogens with zero attached hydrogens (tertiary/aromatic N) is 2. The maximum Gasteiger partial charge on any atom is 0.434 e. The molecule has 0 radical (unpaired) electrons. The quantitative estimate of drug-likeness (QED) is 0.730. The zero-order valence-corrected chi connectivity index (χ0v) is 13.7. The number of benzene rings is 1. The van der Waals surface area contributed by atoms with E-state index in [9.17, 15) is 22.8 Å². The number of aromatic carboxylic acids is 1. The van der Waals surface area contributed by atoms with Crippen molar-refractivity contribution in [2.75, 3.05) is 18.5 Å². The lowest BCUT2D eigenvalue weighted by molar-refractivity contribution is -0.143. The van der Waals surface area contributed by atoms with Crippen LogP contribution in [-0.4, -0.2) is 40.0 Å². The second kappa shape index (κ2) is 8.00. The van der Waals surface area contributed by atoms with Gasteiger partial charge in [-0.15, -0.1) is 0 Å². The van der Waals surface area contributed by atoms with E-state index in [1.165, 1.54) is 24.3 Å². The molecule has 0 aliphatic heterocycles. The van der Waals surface area contributed by atoms with E-state index in [2.05, 4.69) is 10.4 Å². The number of carbonyl (C=O) groups excluding carboxylic acids is 1. The zero-order chi connectivity index (χ0) is 19.3. The van der Waals surface area contributed by atoms with Crippen molar-refractivity contribution in [2.24, 2.45) is 0 Å². The van der Waals surface area contributed by atoms with Crippen molar-refractivity contribution in [1.29, 1.82) is 0 Å². The molecule has 0 bridgehead atoms. The van der Waals surface area contributed by atoms with E-state index in [4.69, 9.17) is 9.84 Å². The summed E-state index contributed by atoms with van der Waals surface area (Å²) in [6, 6.07) is 5.39. The average molecular weight is 371 g/mol. The number of carboxylic acids is 1. The van der Waals surface area contributed by atoms with Crippen molar-refractivity contribution >= 4 is 17.6 Å². The van der Waals surface area contributed by atoms with Crippen molar-refractivity contribution in [3.8, 4) is 5.69 Å². The first-order chi connectivity index (χ1) is 12.2. The van der Waals surface area contributed by atoms with Gasteiger partial charge in [-0.25, -0.2) is 9.48 Å². The van der Waals surface area contributed by atoms with Crippen molar-refractivity contribution in [1.82, 2.24) is 9.78 Å². The summed E-state index contributed by atoms with van der Waals surface area (Å²) < 4.78 is 45.1. The molecular formula is C16H16F3N3O4. The van der Waals surface area contributed by atoms with Crippen molar-refractivity contribution < 1.29 is 32.6 Å². The Morgan fingerprint density at radius 2 is 1.92 bits per heavy atom. The fourth-order valence-corrected chi connectivity index (χ4v) is 2.19. The van der Waals surface area contributed by atoms with Gasteiger partial charge in [0, 0.05) is 12.3 Å². The van der Waals surface area contributed by atoms with Crippen LogP contribution in [0.3, 0.4) is 0 Å². The molecule has 0 atom stereocenters. The van der Waals surface area contributed by atoms with E-state index in [1.54, 1.807) is 6.92 Å². The molecule has 10 heteroatoms. The molecule has 0 unspecified atom stereocenters. The molecule has 7 nitrogen and oxygen atoms in total. The van der Waals surface area contributed by atoms with Gasteiger partial charge in [-0.2, -0.15) is 18.3 Å². The highest BCUT2D eigenvalue weighted by molar-refractivity contribution is 5.91. The van der Waals surface area contributed by atoms with Gasteiger partial charge in [0.1, 0.15) is 5.56 Å². The highest BCUT2D eigenvalue weighted by Gasteiger charge is 2.40. The highest BCUT2D eigenvalue weighted by atomic mass is 19.4. The Morgan fingerprint density at radius 3 is 2.46 bits per heavy atom. The third-order valence-corrected chi connectivity index (χ3v) is 3.34. The summed E-state index contributed by atoms with van der Waals surface area (Å²) >= 11 is 0. The molecule has 1 aromatic heterocycles. The number of alkyl halides is 3. The molecule has 2 rings (SSSR count). The van der Waals surface area contributed by atoms with Crippen LogP contribution in [0.15, 0.2) is 30.5 Å².